The molecule has 1 aromatic rings. The number of likely N-dealkylation sites (N-methyl/N-ethyl adjacent to an activating group) is 1. The van der Waals surface area contributed by atoms with Crippen molar-refractivity contribution < 1.29 is 17.5 Å². The Bertz CT molecular complexity index is 512. The molecular formula is C12H17FN2O3S. The highest BCUT2D eigenvalue weighted by Crippen LogP contribution is 2.15. The Morgan fingerprint density at radius 1 is 1.42 bits per heavy atom. The predicted octanol–water partition coefficient (Wildman–Crippen LogP) is 0.435. The topological polar surface area (TPSA) is 58.6 Å². The van der Waals surface area contributed by atoms with E-state index in [2.05, 4.69) is 5.32 Å². The zero-order valence-corrected chi connectivity index (χ0v) is 11.5. The average Bonchev–Trinajstić information content (AvgIpc) is 2.40. The lowest BCUT2D eigenvalue weighted by Gasteiger charge is -2.27. The summed E-state index contributed by atoms with van der Waals surface area (Å²) in [6.07, 6.45) is -0.158. The van der Waals surface area contributed by atoms with Crippen LogP contribution in [0.25, 0.3) is 0 Å². The Hall–Kier alpha value is -1.02. The van der Waals surface area contributed by atoms with Crippen LogP contribution in [0, 0.1) is 5.82 Å². The second-order valence-corrected chi connectivity index (χ2v) is 6.48. The molecule has 1 aliphatic heterocycles. The second kappa shape index (κ2) is 5.96. The first-order valence-electron chi connectivity index (χ1n) is 6.04. The van der Waals surface area contributed by atoms with Crippen molar-refractivity contribution in [3.63, 3.8) is 0 Å². The van der Waals surface area contributed by atoms with E-state index in [1.807, 2.05) is 0 Å². The molecule has 0 aromatic heterocycles. The maximum absolute atomic E-state index is 12.8. The second-order valence-electron chi connectivity index (χ2n) is 4.44. The van der Waals surface area contributed by atoms with Gasteiger partial charge in [0.25, 0.3) is 0 Å². The molecule has 1 unspecified atom stereocenters. The third-order valence-electron chi connectivity index (χ3n) is 2.99. The van der Waals surface area contributed by atoms with Crippen molar-refractivity contribution in [1.29, 1.82) is 0 Å². The monoisotopic (exact) mass is 288 g/mol. The fourth-order valence-corrected chi connectivity index (χ4v) is 3.11. The van der Waals surface area contributed by atoms with Gasteiger partial charge in [-0.3, -0.25) is 0 Å². The number of rotatable bonds is 4. The fraction of sp³-hybridized carbons (Fsp3) is 0.500. The summed E-state index contributed by atoms with van der Waals surface area (Å²) in [7, 11) is -2.10. The molecule has 2 rings (SSSR count). The van der Waals surface area contributed by atoms with E-state index >= 15 is 0 Å². The zero-order chi connectivity index (χ0) is 13.9. The maximum Gasteiger partial charge on any atom is 0.242 e. The molecule has 1 saturated heterocycles. The predicted molar refractivity (Wildman–Crippen MR) is 68.8 cm³/mol. The maximum atomic E-state index is 12.8. The minimum atomic E-state index is -3.60. The largest absolute Gasteiger partial charge is 0.374 e. The lowest BCUT2D eigenvalue weighted by Crippen LogP contribution is -2.45. The van der Waals surface area contributed by atoms with Gasteiger partial charge < -0.3 is 10.1 Å². The molecule has 1 fully saturated rings. The molecular weight excluding hydrogens is 271 g/mol. The van der Waals surface area contributed by atoms with Gasteiger partial charge in [-0.25, -0.2) is 12.8 Å². The fourth-order valence-electron chi connectivity index (χ4n) is 1.91. The minimum absolute atomic E-state index is 0.0835. The van der Waals surface area contributed by atoms with E-state index in [1.54, 1.807) is 0 Å². The van der Waals surface area contributed by atoms with Crippen LogP contribution >= 0.6 is 0 Å². The lowest BCUT2D eigenvalue weighted by molar-refractivity contribution is 0.0206. The first kappa shape index (κ1) is 14.4. The van der Waals surface area contributed by atoms with Gasteiger partial charge in [-0.2, -0.15) is 4.31 Å². The Morgan fingerprint density at radius 2 is 2.11 bits per heavy atom. The van der Waals surface area contributed by atoms with Crippen LogP contribution in [0.5, 0.6) is 0 Å². The van der Waals surface area contributed by atoms with Crippen LogP contribution in [0.2, 0.25) is 0 Å². The van der Waals surface area contributed by atoms with Crippen molar-refractivity contribution in [1.82, 2.24) is 9.62 Å². The molecule has 0 aliphatic carbocycles. The summed E-state index contributed by atoms with van der Waals surface area (Å²) in [5.41, 5.74) is 0. The molecule has 0 radical (unpaired) electrons. The molecule has 1 N–H and O–H groups in total. The van der Waals surface area contributed by atoms with Crippen LogP contribution in [-0.4, -0.2) is 52.1 Å². The number of sulfonamides is 1. The Labute approximate surface area is 112 Å². The number of halogens is 1. The van der Waals surface area contributed by atoms with Gasteiger partial charge in [0.2, 0.25) is 10.0 Å². The van der Waals surface area contributed by atoms with Crippen LogP contribution in [-0.2, 0) is 14.8 Å². The Balaban J connectivity index is 2.07. The third kappa shape index (κ3) is 3.50. The van der Waals surface area contributed by atoms with Crippen LogP contribution in [0.4, 0.5) is 4.39 Å². The van der Waals surface area contributed by atoms with Crippen LogP contribution in [0.1, 0.15) is 0 Å². The van der Waals surface area contributed by atoms with E-state index in [4.69, 9.17) is 4.74 Å². The molecule has 0 amide bonds. The molecule has 1 atom stereocenters. The van der Waals surface area contributed by atoms with Crippen molar-refractivity contribution in [2.24, 2.45) is 0 Å². The van der Waals surface area contributed by atoms with Crippen molar-refractivity contribution in [2.45, 2.75) is 11.0 Å². The average molecular weight is 288 g/mol. The third-order valence-corrected chi connectivity index (χ3v) is 4.82. The molecule has 0 saturated carbocycles. The lowest BCUT2D eigenvalue weighted by atomic mass is 10.3. The van der Waals surface area contributed by atoms with E-state index in [0.29, 0.717) is 13.2 Å². The van der Waals surface area contributed by atoms with Gasteiger partial charge in [-0.1, -0.05) is 0 Å². The number of benzene rings is 1. The molecule has 1 heterocycles. The van der Waals surface area contributed by atoms with Gasteiger partial charge >= 0.3 is 0 Å². The van der Waals surface area contributed by atoms with E-state index in [0.717, 1.165) is 18.7 Å². The normalized spacial score (nSPS) is 20.7. The Morgan fingerprint density at radius 3 is 2.68 bits per heavy atom. The summed E-state index contributed by atoms with van der Waals surface area (Å²) >= 11 is 0. The van der Waals surface area contributed by atoms with Crippen LogP contribution < -0.4 is 5.32 Å². The van der Waals surface area contributed by atoms with Gasteiger partial charge in [0.1, 0.15) is 5.82 Å². The van der Waals surface area contributed by atoms with Gasteiger partial charge in [0.15, 0.2) is 0 Å². The minimum Gasteiger partial charge on any atom is -0.374 e. The molecule has 0 spiro atoms. The number of hydrogen-bond acceptors (Lipinski definition) is 4. The number of ether oxygens (including phenoxy) is 1. The van der Waals surface area contributed by atoms with E-state index in [1.165, 1.54) is 23.5 Å². The van der Waals surface area contributed by atoms with Crippen molar-refractivity contribution in [2.75, 3.05) is 33.3 Å². The smallest absolute Gasteiger partial charge is 0.242 e. The summed E-state index contributed by atoms with van der Waals surface area (Å²) in [4.78, 5) is 0.0835. The molecule has 1 aliphatic rings. The summed E-state index contributed by atoms with van der Waals surface area (Å²) in [5, 5.41) is 3.14. The standard InChI is InChI=1S/C12H17FN2O3S/c1-15(9-11-8-14-6-7-18-11)19(16,17)12-4-2-10(13)3-5-12/h2-5,11,14H,6-9H2,1H3. The van der Waals surface area contributed by atoms with Crippen molar-refractivity contribution in [3.8, 4) is 0 Å². The molecule has 5 nitrogen and oxygen atoms in total. The highest BCUT2D eigenvalue weighted by Gasteiger charge is 2.25. The van der Waals surface area contributed by atoms with Crippen molar-refractivity contribution in [3.05, 3.63) is 30.1 Å². The number of morpholine rings is 1. The molecule has 0 bridgehead atoms. The molecule has 1 aromatic carbocycles. The first-order chi connectivity index (χ1) is 9.00. The number of hydrogen-bond donors (Lipinski definition) is 1. The summed E-state index contributed by atoms with van der Waals surface area (Å²) in [6.45, 7) is 2.26. The first-order valence-corrected chi connectivity index (χ1v) is 7.48. The number of nitrogens with zero attached hydrogens (tertiary/aromatic N) is 1. The number of nitrogens with one attached hydrogen (secondary N) is 1. The zero-order valence-electron chi connectivity index (χ0n) is 10.7. The van der Waals surface area contributed by atoms with Gasteiger partial charge in [-0.15, -0.1) is 0 Å². The highest BCUT2D eigenvalue weighted by molar-refractivity contribution is 7.89. The van der Waals surface area contributed by atoms with E-state index in [-0.39, 0.29) is 17.5 Å². The summed E-state index contributed by atoms with van der Waals surface area (Å²) < 4.78 is 44.0. The molecule has 7 heteroatoms. The van der Waals surface area contributed by atoms with Crippen LogP contribution in [0.3, 0.4) is 0 Å². The van der Waals surface area contributed by atoms with E-state index in [9.17, 15) is 12.8 Å². The van der Waals surface area contributed by atoms with Crippen LogP contribution in [0.15, 0.2) is 29.2 Å². The van der Waals surface area contributed by atoms with Gasteiger partial charge in [0.05, 0.1) is 17.6 Å². The van der Waals surface area contributed by atoms with E-state index < -0.39 is 15.8 Å². The summed E-state index contributed by atoms with van der Waals surface area (Å²) in [5.74, 6) is -0.457. The summed E-state index contributed by atoms with van der Waals surface area (Å²) in [6, 6.07) is 4.81. The van der Waals surface area contributed by atoms with Crippen molar-refractivity contribution >= 4 is 10.0 Å². The van der Waals surface area contributed by atoms with Gasteiger partial charge in [0, 0.05) is 26.7 Å². The molecule has 19 heavy (non-hydrogen) atoms. The highest BCUT2D eigenvalue weighted by atomic mass is 32.2. The molecule has 106 valence electrons. The van der Waals surface area contributed by atoms with Gasteiger partial charge in [-0.05, 0) is 24.3 Å². The quantitative estimate of drug-likeness (QED) is 0.873. The SMILES string of the molecule is CN(CC1CNCCO1)S(=O)(=O)c1ccc(F)cc1. The Kier molecular flexibility index (Phi) is 4.51.